The molecular weight excluding hydrogens is 206 g/mol. The third-order valence-corrected chi connectivity index (χ3v) is 2.73. The SMILES string of the molecule is CC1CCCN(C(=O)NCCOCCN)C1. The predicted molar refractivity (Wildman–Crippen MR) is 63.2 cm³/mol. The average molecular weight is 229 g/mol. The summed E-state index contributed by atoms with van der Waals surface area (Å²) in [4.78, 5) is 13.6. The Kier molecular flexibility index (Phi) is 6.18. The first-order valence-corrected chi connectivity index (χ1v) is 6.04. The van der Waals surface area contributed by atoms with E-state index in [4.69, 9.17) is 10.5 Å². The van der Waals surface area contributed by atoms with Gasteiger partial charge in [-0.25, -0.2) is 4.79 Å². The van der Waals surface area contributed by atoms with Crippen LogP contribution in [-0.2, 0) is 4.74 Å². The first kappa shape index (κ1) is 13.3. The predicted octanol–water partition coefficient (Wildman–Crippen LogP) is 0.403. The number of carbonyl (C=O) groups excluding carboxylic acids is 1. The first-order chi connectivity index (χ1) is 7.74. The van der Waals surface area contributed by atoms with Gasteiger partial charge in [0.05, 0.1) is 13.2 Å². The van der Waals surface area contributed by atoms with Gasteiger partial charge in [0.2, 0.25) is 0 Å². The standard InChI is InChI=1S/C11H23N3O2/c1-10-3-2-6-14(9-10)11(15)13-5-8-16-7-4-12/h10H,2-9,12H2,1H3,(H,13,15). The minimum Gasteiger partial charge on any atom is -0.378 e. The van der Waals surface area contributed by atoms with Crippen molar-refractivity contribution in [2.45, 2.75) is 19.8 Å². The van der Waals surface area contributed by atoms with Crippen LogP contribution in [0.1, 0.15) is 19.8 Å². The number of amides is 2. The molecule has 0 bridgehead atoms. The van der Waals surface area contributed by atoms with Gasteiger partial charge in [0.1, 0.15) is 0 Å². The number of nitrogens with two attached hydrogens (primary N) is 1. The highest BCUT2D eigenvalue weighted by Crippen LogP contribution is 2.14. The molecule has 0 aromatic heterocycles. The summed E-state index contributed by atoms with van der Waals surface area (Å²) in [7, 11) is 0. The fourth-order valence-electron chi connectivity index (χ4n) is 1.90. The zero-order valence-electron chi connectivity index (χ0n) is 10.1. The Hall–Kier alpha value is -0.810. The third kappa shape index (κ3) is 4.81. The van der Waals surface area contributed by atoms with Crippen molar-refractivity contribution in [2.75, 3.05) is 39.4 Å². The van der Waals surface area contributed by atoms with Crippen LogP contribution in [0.2, 0.25) is 0 Å². The number of likely N-dealkylation sites (tertiary alicyclic amines) is 1. The molecule has 16 heavy (non-hydrogen) atoms. The van der Waals surface area contributed by atoms with Crippen molar-refractivity contribution in [1.29, 1.82) is 0 Å². The Morgan fingerprint density at radius 1 is 1.56 bits per heavy atom. The highest BCUT2D eigenvalue weighted by molar-refractivity contribution is 5.74. The van der Waals surface area contributed by atoms with Gasteiger partial charge in [-0.3, -0.25) is 0 Å². The molecule has 0 aliphatic carbocycles. The van der Waals surface area contributed by atoms with Crippen LogP contribution in [0, 0.1) is 5.92 Å². The third-order valence-electron chi connectivity index (χ3n) is 2.73. The van der Waals surface area contributed by atoms with E-state index in [1.165, 1.54) is 6.42 Å². The van der Waals surface area contributed by atoms with E-state index in [0.29, 0.717) is 32.2 Å². The Morgan fingerprint density at radius 2 is 2.38 bits per heavy atom. The summed E-state index contributed by atoms with van der Waals surface area (Å²) < 4.78 is 5.18. The Balaban J connectivity index is 2.09. The van der Waals surface area contributed by atoms with E-state index in [1.54, 1.807) is 0 Å². The number of hydrogen-bond donors (Lipinski definition) is 2. The van der Waals surface area contributed by atoms with Crippen LogP contribution in [0.5, 0.6) is 0 Å². The van der Waals surface area contributed by atoms with Crippen LogP contribution in [0.4, 0.5) is 4.79 Å². The zero-order valence-corrected chi connectivity index (χ0v) is 10.1. The van der Waals surface area contributed by atoms with E-state index in [9.17, 15) is 4.79 Å². The van der Waals surface area contributed by atoms with Crippen LogP contribution < -0.4 is 11.1 Å². The van der Waals surface area contributed by atoms with Gasteiger partial charge in [0.15, 0.2) is 0 Å². The van der Waals surface area contributed by atoms with Crippen molar-refractivity contribution in [3.63, 3.8) is 0 Å². The number of hydrogen-bond acceptors (Lipinski definition) is 3. The smallest absolute Gasteiger partial charge is 0.317 e. The van der Waals surface area contributed by atoms with Crippen molar-refractivity contribution in [3.05, 3.63) is 0 Å². The summed E-state index contributed by atoms with van der Waals surface area (Å²) >= 11 is 0. The highest BCUT2D eigenvalue weighted by Gasteiger charge is 2.20. The molecule has 5 heteroatoms. The van der Waals surface area contributed by atoms with Gasteiger partial charge in [-0.2, -0.15) is 0 Å². The van der Waals surface area contributed by atoms with Crippen molar-refractivity contribution >= 4 is 6.03 Å². The molecule has 1 fully saturated rings. The number of ether oxygens (including phenoxy) is 1. The quantitative estimate of drug-likeness (QED) is 0.671. The maximum absolute atomic E-state index is 11.7. The fraction of sp³-hybridized carbons (Fsp3) is 0.909. The first-order valence-electron chi connectivity index (χ1n) is 6.04. The largest absolute Gasteiger partial charge is 0.378 e. The number of urea groups is 1. The molecule has 3 N–H and O–H groups in total. The number of nitrogens with one attached hydrogen (secondary N) is 1. The summed E-state index contributed by atoms with van der Waals surface area (Å²) in [6.45, 7) is 6.10. The van der Waals surface area contributed by atoms with Gasteiger partial charge < -0.3 is 20.7 Å². The molecule has 1 aliphatic rings. The molecule has 1 heterocycles. The van der Waals surface area contributed by atoms with Gasteiger partial charge in [0, 0.05) is 26.2 Å². The number of piperidine rings is 1. The second-order valence-electron chi connectivity index (χ2n) is 4.33. The molecule has 0 spiro atoms. The minimum atomic E-state index is 0.0305. The van der Waals surface area contributed by atoms with Crippen molar-refractivity contribution in [2.24, 2.45) is 11.7 Å². The Bertz CT molecular complexity index is 211. The van der Waals surface area contributed by atoms with Gasteiger partial charge >= 0.3 is 6.03 Å². The number of nitrogens with zero attached hydrogens (tertiary/aromatic N) is 1. The lowest BCUT2D eigenvalue weighted by molar-refractivity contribution is 0.136. The molecule has 0 saturated carbocycles. The van der Waals surface area contributed by atoms with E-state index < -0.39 is 0 Å². The maximum atomic E-state index is 11.7. The van der Waals surface area contributed by atoms with E-state index in [-0.39, 0.29) is 6.03 Å². The molecule has 1 rings (SSSR count). The van der Waals surface area contributed by atoms with Crippen molar-refractivity contribution in [3.8, 4) is 0 Å². The van der Waals surface area contributed by atoms with E-state index in [1.807, 2.05) is 4.90 Å². The molecule has 2 amide bonds. The van der Waals surface area contributed by atoms with Crippen LogP contribution in [0.25, 0.3) is 0 Å². The normalized spacial score (nSPS) is 20.9. The van der Waals surface area contributed by atoms with E-state index in [0.717, 1.165) is 19.5 Å². The maximum Gasteiger partial charge on any atom is 0.317 e. The summed E-state index contributed by atoms with van der Waals surface area (Å²) in [5.74, 6) is 0.619. The Morgan fingerprint density at radius 3 is 3.06 bits per heavy atom. The average Bonchev–Trinajstić information content (AvgIpc) is 2.28. The van der Waals surface area contributed by atoms with Gasteiger partial charge in [-0.15, -0.1) is 0 Å². The molecule has 0 aromatic rings. The second kappa shape index (κ2) is 7.46. The van der Waals surface area contributed by atoms with Gasteiger partial charge in [-0.05, 0) is 18.8 Å². The summed E-state index contributed by atoms with van der Waals surface area (Å²) in [6.07, 6.45) is 2.33. The summed E-state index contributed by atoms with van der Waals surface area (Å²) in [5, 5.41) is 2.85. The molecule has 1 saturated heterocycles. The molecule has 1 atom stereocenters. The Labute approximate surface area is 97.3 Å². The lowest BCUT2D eigenvalue weighted by atomic mass is 10.0. The molecule has 94 valence electrons. The lowest BCUT2D eigenvalue weighted by Crippen LogP contribution is -2.45. The van der Waals surface area contributed by atoms with Gasteiger partial charge in [0.25, 0.3) is 0 Å². The van der Waals surface area contributed by atoms with E-state index >= 15 is 0 Å². The minimum absolute atomic E-state index is 0.0305. The molecule has 5 nitrogen and oxygen atoms in total. The highest BCUT2D eigenvalue weighted by atomic mass is 16.5. The molecular formula is C11H23N3O2. The summed E-state index contributed by atoms with van der Waals surface area (Å²) in [6, 6.07) is 0.0305. The summed E-state index contributed by atoms with van der Waals surface area (Å²) in [5.41, 5.74) is 5.28. The fourth-order valence-corrected chi connectivity index (χ4v) is 1.90. The van der Waals surface area contributed by atoms with Crippen molar-refractivity contribution < 1.29 is 9.53 Å². The van der Waals surface area contributed by atoms with Crippen LogP contribution >= 0.6 is 0 Å². The van der Waals surface area contributed by atoms with Crippen LogP contribution in [0.15, 0.2) is 0 Å². The molecule has 1 unspecified atom stereocenters. The van der Waals surface area contributed by atoms with E-state index in [2.05, 4.69) is 12.2 Å². The molecule has 0 radical (unpaired) electrons. The monoisotopic (exact) mass is 229 g/mol. The van der Waals surface area contributed by atoms with Crippen LogP contribution in [-0.4, -0.2) is 50.3 Å². The molecule has 1 aliphatic heterocycles. The van der Waals surface area contributed by atoms with Crippen LogP contribution in [0.3, 0.4) is 0 Å². The second-order valence-corrected chi connectivity index (χ2v) is 4.33. The number of carbonyl (C=O) groups is 1. The zero-order chi connectivity index (χ0) is 11.8. The molecule has 0 aromatic carbocycles. The topological polar surface area (TPSA) is 67.6 Å². The van der Waals surface area contributed by atoms with Gasteiger partial charge in [-0.1, -0.05) is 6.92 Å². The van der Waals surface area contributed by atoms with Crippen molar-refractivity contribution in [1.82, 2.24) is 10.2 Å². The number of rotatable bonds is 5. The lowest BCUT2D eigenvalue weighted by Gasteiger charge is -2.30.